The van der Waals surface area contributed by atoms with Crippen molar-refractivity contribution in [2.45, 2.75) is 6.42 Å². The molecule has 2 N–H and O–H groups in total. The maximum absolute atomic E-state index is 11.9. The van der Waals surface area contributed by atoms with E-state index < -0.39 is 0 Å². The molecular formula is C18H17N3O2. The van der Waals surface area contributed by atoms with Crippen molar-refractivity contribution >= 4 is 11.6 Å². The average Bonchev–Trinajstić information content (AvgIpc) is 3.11. The Morgan fingerprint density at radius 2 is 1.87 bits per heavy atom. The van der Waals surface area contributed by atoms with Crippen molar-refractivity contribution in [2.75, 3.05) is 11.9 Å². The van der Waals surface area contributed by atoms with Crippen LogP contribution in [0.5, 0.6) is 5.75 Å². The molecule has 116 valence electrons. The SMILES string of the molecule is O=C(CCOc1ccccc1)Nc1ccc(-c2ncc[nH]2)cc1. The zero-order chi connectivity index (χ0) is 15.9. The normalized spacial score (nSPS) is 10.3. The third-order valence-corrected chi connectivity index (χ3v) is 3.28. The van der Waals surface area contributed by atoms with Gasteiger partial charge >= 0.3 is 0 Å². The summed E-state index contributed by atoms with van der Waals surface area (Å²) in [5, 5.41) is 2.85. The van der Waals surface area contributed by atoms with Crippen LogP contribution in [0.4, 0.5) is 5.69 Å². The number of aromatic nitrogens is 2. The number of amides is 1. The maximum Gasteiger partial charge on any atom is 0.227 e. The summed E-state index contributed by atoms with van der Waals surface area (Å²) in [5.74, 6) is 1.49. The molecule has 2 aromatic carbocycles. The Labute approximate surface area is 134 Å². The Morgan fingerprint density at radius 3 is 2.57 bits per heavy atom. The zero-order valence-corrected chi connectivity index (χ0v) is 12.5. The molecule has 0 saturated heterocycles. The van der Waals surface area contributed by atoms with Crippen LogP contribution in [0, 0.1) is 0 Å². The van der Waals surface area contributed by atoms with Gasteiger partial charge in [0, 0.05) is 23.6 Å². The topological polar surface area (TPSA) is 67.0 Å². The Hall–Kier alpha value is -3.08. The zero-order valence-electron chi connectivity index (χ0n) is 12.5. The predicted molar refractivity (Wildman–Crippen MR) is 89.2 cm³/mol. The molecule has 0 saturated carbocycles. The summed E-state index contributed by atoms with van der Waals surface area (Å²) in [6.07, 6.45) is 3.78. The van der Waals surface area contributed by atoms with Gasteiger partial charge in [-0.1, -0.05) is 18.2 Å². The van der Waals surface area contributed by atoms with Crippen LogP contribution in [0.2, 0.25) is 0 Å². The first-order chi connectivity index (χ1) is 11.3. The highest BCUT2D eigenvalue weighted by Gasteiger charge is 2.04. The highest BCUT2D eigenvalue weighted by Crippen LogP contribution is 2.17. The van der Waals surface area contributed by atoms with Crippen LogP contribution < -0.4 is 10.1 Å². The molecule has 1 aromatic heterocycles. The van der Waals surface area contributed by atoms with Crippen LogP contribution in [0.3, 0.4) is 0 Å². The van der Waals surface area contributed by atoms with Gasteiger partial charge in [-0.3, -0.25) is 4.79 Å². The molecule has 5 nitrogen and oxygen atoms in total. The van der Waals surface area contributed by atoms with Gasteiger partial charge in [-0.15, -0.1) is 0 Å². The molecule has 0 aliphatic carbocycles. The first-order valence-electron chi connectivity index (χ1n) is 7.39. The van der Waals surface area contributed by atoms with E-state index in [9.17, 15) is 4.79 Å². The van der Waals surface area contributed by atoms with Crippen molar-refractivity contribution in [3.05, 3.63) is 67.0 Å². The van der Waals surface area contributed by atoms with E-state index >= 15 is 0 Å². The van der Waals surface area contributed by atoms with E-state index in [1.54, 1.807) is 12.4 Å². The number of para-hydroxylation sites is 1. The van der Waals surface area contributed by atoms with Crippen LogP contribution in [0.1, 0.15) is 6.42 Å². The van der Waals surface area contributed by atoms with Gasteiger partial charge in [0.1, 0.15) is 11.6 Å². The Kier molecular flexibility index (Phi) is 4.69. The lowest BCUT2D eigenvalue weighted by Crippen LogP contribution is -2.15. The molecule has 0 radical (unpaired) electrons. The number of anilines is 1. The second-order valence-corrected chi connectivity index (χ2v) is 4.97. The molecule has 0 unspecified atom stereocenters. The highest BCUT2D eigenvalue weighted by atomic mass is 16.5. The molecule has 0 atom stereocenters. The van der Waals surface area contributed by atoms with Crippen molar-refractivity contribution in [1.29, 1.82) is 0 Å². The number of rotatable bonds is 6. The summed E-state index contributed by atoms with van der Waals surface area (Å²) >= 11 is 0. The second-order valence-electron chi connectivity index (χ2n) is 4.97. The van der Waals surface area contributed by atoms with Crippen LogP contribution in [0.15, 0.2) is 67.0 Å². The van der Waals surface area contributed by atoms with E-state index in [1.807, 2.05) is 54.6 Å². The summed E-state index contributed by atoms with van der Waals surface area (Å²) in [6, 6.07) is 17.0. The first kappa shape index (κ1) is 14.8. The molecule has 1 amide bonds. The van der Waals surface area contributed by atoms with Gasteiger partial charge in [-0.2, -0.15) is 0 Å². The number of carbonyl (C=O) groups is 1. The lowest BCUT2D eigenvalue weighted by atomic mass is 10.2. The number of carbonyl (C=O) groups excluding carboxylic acids is 1. The number of hydrogen-bond donors (Lipinski definition) is 2. The fourth-order valence-corrected chi connectivity index (χ4v) is 2.14. The third kappa shape index (κ3) is 4.20. The van der Waals surface area contributed by atoms with Crippen molar-refractivity contribution in [1.82, 2.24) is 9.97 Å². The van der Waals surface area contributed by atoms with Gasteiger partial charge in [0.15, 0.2) is 0 Å². The van der Waals surface area contributed by atoms with E-state index in [2.05, 4.69) is 15.3 Å². The van der Waals surface area contributed by atoms with Crippen LogP contribution in [0.25, 0.3) is 11.4 Å². The minimum Gasteiger partial charge on any atom is -0.493 e. The van der Waals surface area contributed by atoms with Gasteiger partial charge in [-0.25, -0.2) is 4.98 Å². The Morgan fingerprint density at radius 1 is 1.09 bits per heavy atom. The van der Waals surface area contributed by atoms with Gasteiger partial charge in [-0.05, 0) is 36.4 Å². The summed E-state index contributed by atoms with van der Waals surface area (Å²) < 4.78 is 5.51. The molecule has 0 aliphatic heterocycles. The minimum absolute atomic E-state index is 0.0771. The number of nitrogens with zero attached hydrogens (tertiary/aromatic N) is 1. The molecule has 23 heavy (non-hydrogen) atoms. The molecule has 0 bridgehead atoms. The van der Waals surface area contributed by atoms with Gasteiger partial charge < -0.3 is 15.0 Å². The quantitative estimate of drug-likeness (QED) is 0.732. The Balaban J connectivity index is 1.48. The molecule has 3 rings (SSSR count). The first-order valence-corrected chi connectivity index (χ1v) is 7.39. The van der Waals surface area contributed by atoms with Crippen LogP contribution in [-0.4, -0.2) is 22.5 Å². The number of H-pyrrole nitrogens is 1. The number of benzene rings is 2. The van der Waals surface area contributed by atoms with E-state index in [0.29, 0.717) is 13.0 Å². The maximum atomic E-state index is 11.9. The van der Waals surface area contributed by atoms with Crippen molar-refractivity contribution < 1.29 is 9.53 Å². The molecule has 3 aromatic rings. The fraction of sp³-hybridized carbons (Fsp3) is 0.111. The number of nitrogens with one attached hydrogen (secondary N) is 2. The highest BCUT2D eigenvalue weighted by molar-refractivity contribution is 5.91. The largest absolute Gasteiger partial charge is 0.493 e. The predicted octanol–water partition coefficient (Wildman–Crippen LogP) is 3.48. The Bertz CT molecular complexity index is 738. The number of hydrogen-bond acceptors (Lipinski definition) is 3. The fourth-order valence-electron chi connectivity index (χ4n) is 2.14. The summed E-state index contributed by atoms with van der Waals surface area (Å²) in [6.45, 7) is 0.348. The molecule has 5 heteroatoms. The molecule has 0 spiro atoms. The number of imidazole rings is 1. The number of aromatic amines is 1. The summed E-state index contributed by atoms with van der Waals surface area (Å²) in [4.78, 5) is 19.1. The summed E-state index contributed by atoms with van der Waals surface area (Å²) in [7, 11) is 0. The van der Waals surface area contributed by atoms with Gasteiger partial charge in [0.25, 0.3) is 0 Å². The molecule has 0 aliphatic rings. The molecule has 1 heterocycles. The van der Waals surface area contributed by atoms with Crippen molar-refractivity contribution in [3.8, 4) is 17.1 Å². The lowest BCUT2D eigenvalue weighted by molar-refractivity contribution is -0.116. The monoisotopic (exact) mass is 307 g/mol. The van der Waals surface area contributed by atoms with Crippen LogP contribution >= 0.6 is 0 Å². The smallest absolute Gasteiger partial charge is 0.227 e. The third-order valence-electron chi connectivity index (χ3n) is 3.28. The van der Waals surface area contributed by atoms with Crippen LogP contribution in [-0.2, 0) is 4.79 Å². The second kappa shape index (κ2) is 7.26. The molecular weight excluding hydrogens is 290 g/mol. The van der Waals surface area contributed by atoms with Crippen molar-refractivity contribution in [2.24, 2.45) is 0 Å². The molecule has 0 fully saturated rings. The number of ether oxygens (including phenoxy) is 1. The standard InChI is InChI=1S/C18H17N3O2/c22-17(10-13-23-16-4-2-1-3-5-16)21-15-8-6-14(7-9-15)18-19-11-12-20-18/h1-9,11-12H,10,13H2,(H,19,20)(H,21,22). The van der Waals surface area contributed by atoms with Gasteiger partial charge in [0.2, 0.25) is 5.91 Å². The lowest BCUT2D eigenvalue weighted by Gasteiger charge is -2.07. The summed E-state index contributed by atoms with van der Waals surface area (Å²) in [5.41, 5.74) is 1.73. The van der Waals surface area contributed by atoms with Gasteiger partial charge in [0.05, 0.1) is 13.0 Å². The van der Waals surface area contributed by atoms with E-state index in [4.69, 9.17) is 4.74 Å². The average molecular weight is 307 g/mol. The van der Waals surface area contributed by atoms with E-state index in [0.717, 1.165) is 22.8 Å². The van der Waals surface area contributed by atoms with Crippen molar-refractivity contribution in [3.63, 3.8) is 0 Å². The van der Waals surface area contributed by atoms with E-state index in [1.165, 1.54) is 0 Å². The van der Waals surface area contributed by atoms with E-state index in [-0.39, 0.29) is 5.91 Å². The minimum atomic E-state index is -0.0771.